The summed E-state index contributed by atoms with van der Waals surface area (Å²) < 4.78 is 5.58. The molecule has 0 aliphatic carbocycles. The first kappa shape index (κ1) is 11.8. The minimum Gasteiger partial charge on any atom is -0.490 e. The lowest BCUT2D eigenvalue weighted by Gasteiger charge is -2.08. The number of rotatable bonds is 4. The Balaban J connectivity index is 2.62. The van der Waals surface area contributed by atoms with Crippen molar-refractivity contribution >= 4 is 0 Å². The molecule has 0 aromatic heterocycles. The fourth-order valence-corrected chi connectivity index (χ4v) is 1.19. The fourth-order valence-electron chi connectivity index (χ4n) is 1.19. The highest BCUT2D eigenvalue weighted by atomic mass is 16.5. The van der Waals surface area contributed by atoms with Gasteiger partial charge in [0.15, 0.2) is 0 Å². The second-order valence-corrected chi connectivity index (χ2v) is 3.95. The molecule has 1 rings (SSSR count). The summed E-state index contributed by atoms with van der Waals surface area (Å²) >= 11 is 0. The zero-order valence-corrected chi connectivity index (χ0v) is 9.66. The molecule has 2 heteroatoms. The van der Waals surface area contributed by atoms with Crippen LogP contribution in [0.1, 0.15) is 32.4 Å². The van der Waals surface area contributed by atoms with E-state index in [-0.39, 0.29) is 6.04 Å². The van der Waals surface area contributed by atoms with Gasteiger partial charge in [-0.1, -0.05) is 17.7 Å². The van der Waals surface area contributed by atoms with Gasteiger partial charge in [0.05, 0.1) is 0 Å². The molecular weight excluding hydrogens is 186 g/mol. The Morgan fingerprint density at radius 1 is 1.47 bits per heavy atom. The van der Waals surface area contributed by atoms with Crippen molar-refractivity contribution in [2.24, 2.45) is 5.73 Å². The third kappa shape index (κ3) is 4.17. The lowest BCUT2D eigenvalue weighted by atomic mass is 10.1. The molecule has 0 amide bonds. The molecule has 0 aliphatic heterocycles. The van der Waals surface area contributed by atoms with E-state index in [0.29, 0.717) is 6.61 Å². The number of ether oxygens (including phenoxy) is 1. The van der Waals surface area contributed by atoms with E-state index >= 15 is 0 Å². The highest BCUT2D eigenvalue weighted by Crippen LogP contribution is 2.17. The maximum atomic E-state index is 5.79. The van der Waals surface area contributed by atoms with Crippen molar-refractivity contribution in [1.82, 2.24) is 0 Å². The van der Waals surface area contributed by atoms with Crippen LogP contribution >= 0.6 is 0 Å². The van der Waals surface area contributed by atoms with Crippen LogP contribution in [0.15, 0.2) is 35.9 Å². The second kappa shape index (κ2) is 5.56. The Kier molecular flexibility index (Phi) is 4.37. The van der Waals surface area contributed by atoms with E-state index in [0.717, 1.165) is 11.3 Å². The molecule has 0 heterocycles. The monoisotopic (exact) mass is 205 g/mol. The van der Waals surface area contributed by atoms with Gasteiger partial charge in [-0.05, 0) is 44.5 Å². The molecule has 0 bridgehead atoms. The summed E-state index contributed by atoms with van der Waals surface area (Å²) in [6.45, 7) is 6.70. The van der Waals surface area contributed by atoms with E-state index in [1.54, 1.807) is 0 Å². The highest BCUT2D eigenvalue weighted by molar-refractivity contribution is 5.30. The van der Waals surface area contributed by atoms with Gasteiger partial charge in [0.2, 0.25) is 0 Å². The van der Waals surface area contributed by atoms with Crippen molar-refractivity contribution in [3.05, 3.63) is 41.5 Å². The Bertz CT molecular complexity index is 338. The molecule has 1 aromatic rings. The minimum atomic E-state index is 0.0528. The first-order chi connectivity index (χ1) is 7.09. The van der Waals surface area contributed by atoms with Crippen LogP contribution in [0.5, 0.6) is 5.75 Å². The zero-order chi connectivity index (χ0) is 11.3. The van der Waals surface area contributed by atoms with E-state index in [9.17, 15) is 0 Å². The van der Waals surface area contributed by atoms with E-state index in [2.05, 4.69) is 19.9 Å². The predicted octanol–water partition coefficient (Wildman–Crippen LogP) is 3.05. The lowest BCUT2D eigenvalue weighted by molar-refractivity contribution is 0.361. The minimum absolute atomic E-state index is 0.0528. The molecule has 1 aromatic carbocycles. The average molecular weight is 205 g/mol. The molecule has 0 aliphatic rings. The van der Waals surface area contributed by atoms with Crippen molar-refractivity contribution in [3.8, 4) is 5.75 Å². The molecule has 0 fully saturated rings. The Hall–Kier alpha value is -1.28. The molecule has 82 valence electrons. The standard InChI is InChI=1S/C13H19NO/c1-10(2)7-8-15-13-6-4-5-12(9-13)11(3)14/h4-7,9,11H,8,14H2,1-3H3/t11-/m1/s1. The summed E-state index contributed by atoms with van der Waals surface area (Å²) in [5.41, 5.74) is 8.16. The zero-order valence-electron chi connectivity index (χ0n) is 9.66. The van der Waals surface area contributed by atoms with Crippen LogP contribution in [-0.2, 0) is 0 Å². The first-order valence-electron chi connectivity index (χ1n) is 5.21. The molecule has 15 heavy (non-hydrogen) atoms. The molecule has 0 unspecified atom stereocenters. The predicted molar refractivity (Wildman–Crippen MR) is 64.0 cm³/mol. The van der Waals surface area contributed by atoms with Gasteiger partial charge in [-0.15, -0.1) is 0 Å². The normalized spacial score (nSPS) is 12.0. The average Bonchev–Trinajstić information content (AvgIpc) is 2.17. The fraction of sp³-hybridized carbons (Fsp3) is 0.385. The van der Waals surface area contributed by atoms with Crippen molar-refractivity contribution < 1.29 is 4.74 Å². The summed E-state index contributed by atoms with van der Waals surface area (Å²) in [6.07, 6.45) is 2.05. The van der Waals surface area contributed by atoms with E-state index < -0.39 is 0 Å². The number of nitrogens with two attached hydrogens (primary N) is 1. The number of hydrogen-bond donors (Lipinski definition) is 1. The molecule has 0 saturated heterocycles. The number of hydrogen-bond acceptors (Lipinski definition) is 2. The van der Waals surface area contributed by atoms with Crippen molar-refractivity contribution in [1.29, 1.82) is 0 Å². The number of benzene rings is 1. The number of allylic oxidation sites excluding steroid dienone is 1. The van der Waals surface area contributed by atoms with Gasteiger partial charge < -0.3 is 10.5 Å². The third-order valence-electron chi connectivity index (χ3n) is 2.13. The summed E-state index contributed by atoms with van der Waals surface area (Å²) in [5.74, 6) is 0.877. The van der Waals surface area contributed by atoms with E-state index in [4.69, 9.17) is 10.5 Å². The largest absolute Gasteiger partial charge is 0.490 e. The Morgan fingerprint density at radius 2 is 2.20 bits per heavy atom. The van der Waals surface area contributed by atoms with Gasteiger partial charge in [0, 0.05) is 6.04 Å². The Labute approximate surface area is 91.7 Å². The van der Waals surface area contributed by atoms with E-state index in [1.807, 2.05) is 31.2 Å². The van der Waals surface area contributed by atoms with Crippen molar-refractivity contribution in [2.75, 3.05) is 6.61 Å². The smallest absolute Gasteiger partial charge is 0.120 e. The van der Waals surface area contributed by atoms with Crippen LogP contribution in [0, 0.1) is 0 Å². The molecule has 0 spiro atoms. The SMILES string of the molecule is CC(C)=CCOc1cccc([C@@H](C)N)c1. The van der Waals surface area contributed by atoms with Gasteiger partial charge in [-0.2, -0.15) is 0 Å². The van der Waals surface area contributed by atoms with Crippen LogP contribution in [0.3, 0.4) is 0 Å². The van der Waals surface area contributed by atoms with Gasteiger partial charge in [-0.3, -0.25) is 0 Å². The third-order valence-corrected chi connectivity index (χ3v) is 2.13. The second-order valence-electron chi connectivity index (χ2n) is 3.95. The van der Waals surface area contributed by atoms with Gasteiger partial charge in [-0.25, -0.2) is 0 Å². The molecule has 2 nitrogen and oxygen atoms in total. The first-order valence-corrected chi connectivity index (χ1v) is 5.21. The van der Waals surface area contributed by atoms with Crippen molar-refractivity contribution in [3.63, 3.8) is 0 Å². The topological polar surface area (TPSA) is 35.2 Å². The van der Waals surface area contributed by atoms with Crippen LogP contribution < -0.4 is 10.5 Å². The van der Waals surface area contributed by atoms with Crippen molar-refractivity contribution in [2.45, 2.75) is 26.8 Å². The van der Waals surface area contributed by atoms with Gasteiger partial charge >= 0.3 is 0 Å². The summed E-state index contributed by atoms with van der Waals surface area (Å²) in [4.78, 5) is 0. The summed E-state index contributed by atoms with van der Waals surface area (Å²) in [7, 11) is 0. The van der Waals surface area contributed by atoms with Crippen LogP contribution in [-0.4, -0.2) is 6.61 Å². The van der Waals surface area contributed by atoms with Crippen LogP contribution in [0.4, 0.5) is 0 Å². The van der Waals surface area contributed by atoms with Gasteiger partial charge in [0.1, 0.15) is 12.4 Å². The van der Waals surface area contributed by atoms with Gasteiger partial charge in [0.25, 0.3) is 0 Å². The highest BCUT2D eigenvalue weighted by Gasteiger charge is 2.00. The maximum Gasteiger partial charge on any atom is 0.120 e. The summed E-state index contributed by atoms with van der Waals surface area (Å²) in [5, 5.41) is 0. The molecule has 0 radical (unpaired) electrons. The molecule has 1 atom stereocenters. The van der Waals surface area contributed by atoms with Crippen LogP contribution in [0.25, 0.3) is 0 Å². The quantitative estimate of drug-likeness (QED) is 0.767. The maximum absolute atomic E-state index is 5.79. The Morgan fingerprint density at radius 3 is 2.80 bits per heavy atom. The molecular formula is C13H19NO. The van der Waals surface area contributed by atoms with E-state index in [1.165, 1.54) is 5.57 Å². The summed E-state index contributed by atoms with van der Waals surface area (Å²) in [6, 6.07) is 7.97. The molecule has 0 saturated carbocycles. The molecule has 2 N–H and O–H groups in total. The van der Waals surface area contributed by atoms with Crippen LogP contribution in [0.2, 0.25) is 0 Å². The lowest BCUT2D eigenvalue weighted by Crippen LogP contribution is -2.05.